The van der Waals surface area contributed by atoms with Crippen molar-refractivity contribution in [3.05, 3.63) is 82.0 Å². The average molecular weight is 473 g/mol. The van der Waals surface area contributed by atoms with E-state index >= 15 is 0 Å². The molecule has 3 aromatic heterocycles. The highest BCUT2D eigenvalue weighted by Gasteiger charge is 2.22. The molecule has 0 aliphatic heterocycles. The third-order valence-electron chi connectivity index (χ3n) is 4.48. The average Bonchev–Trinajstić information content (AvgIpc) is 3.47. The largest absolute Gasteiger partial charge is 0.481 e. The maximum atomic E-state index is 13.9. The van der Waals surface area contributed by atoms with Gasteiger partial charge < -0.3 is 15.0 Å². The molecule has 0 saturated heterocycles. The van der Waals surface area contributed by atoms with Crippen LogP contribution in [-0.2, 0) is 6.54 Å². The highest BCUT2D eigenvalue weighted by molar-refractivity contribution is 7.14. The van der Waals surface area contributed by atoms with Gasteiger partial charge in [0.15, 0.2) is 5.78 Å². The Labute approximate surface area is 188 Å². The number of hydrogen-bond acceptors (Lipinski definition) is 7. The highest BCUT2D eigenvalue weighted by Crippen LogP contribution is 2.24. The first-order valence-corrected chi connectivity index (χ1v) is 10.2. The maximum Gasteiger partial charge on any atom is 0.268 e. The van der Waals surface area contributed by atoms with E-state index in [9.17, 15) is 22.8 Å². The summed E-state index contributed by atoms with van der Waals surface area (Å²) < 4.78 is 45.8. The van der Waals surface area contributed by atoms with Gasteiger partial charge in [-0.05, 0) is 12.1 Å². The first-order chi connectivity index (χ1) is 15.9. The molecule has 1 amide bonds. The summed E-state index contributed by atoms with van der Waals surface area (Å²) >= 11 is 1.25. The zero-order valence-electron chi connectivity index (χ0n) is 16.9. The van der Waals surface area contributed by atoms with Crippen LogP contribution in [0.2, 0.25) is 0 Å². The van der Waals surface area contributed by atoms with Crippen molar-refractivity contribution >= 4 is 23.0 Å². The van der Waals surface area contributed by atoms with Crippen molar-refractivity contribution in [1.82, 2.24) is 25.5 Å². The van der Waals surface area contributed by atoms with Crippen LogP contribution in [0, 0.1) is 17.5 Å². The van der Waals surface area contributed by atoms with Crippen LogP contribution in [0.25, 0.3) is 10.6 Å². The number of nitrogens with zero attached hydrogens (tertiary/aromatic N) is 3. The quantitative estimate of drug-likeness (QED) is 0.398. The summed E-state index contributed by atoms with van der Waals surface area (Å²) in [6, 6.07) is 5.43. The summed E-state index contributed by atoms with van der Waals surface area (Å²) in [5.74, 6) is -4.94. The molecule has 0 bridgehead atoms. The molecular weight excluding hydrogens is 459 g/mol. The standard InChI is InChI=1S/C21H14F3N5O3S/c1-32-16-3-2-10(7-26-16)21-29-28-17(33-21)9-27-20(31)15-4-11(8-25-15)19(30)18-13(23)5-12(22)6-14(18)24/h2-8,25H,9H2,1H3,(H,27,31). The monoisotopic (exact) mass is 473 g/mol. The number of aromatic amines is 1. The van der Waals surface area contributed by atoms with E-state index in [1.165, 1.54) is 18.4 Å². The third kappa shape index (κ3) is 4.75. The van der Waals surface area contributed by atoms with Gasteiger partial charge in [-0.3, -0.25) is 9.59 Å². The number of aromatic nitrogens is 4. The van der Waals surface area contributed by atoms with Crippen LogP contribution in [0.15, 0.2) is 42.7 Å². The van der Waals surface area contributed by atoms with Gasteiger partial charge in [-0.1, -0.05) is 11.3 Å². The van der Waals surface area contributed by atoms with Crippen LogP contribution < -0.4 is 10.1 Å². The number of pyridine rings is 1. The van der Waals surface area contributed by atoms with Crippen LogP contribution in [0.1, 0.15) is 31.4 Å². The summed E-state index contributed by atoms with van der Waals surface area (Å²) in [4.78, 5) is 31.5. The minimum Gasteiger partial charge on any atom is -0.481 e. The molecule has 3 heterocycles. The number of ether oxygens (including phenoxy) is 1. The Morgan fingerprint density at radius 2 is 1.88 bits per heavy atom. The van der Waals surface area contributed by atoms with Gasteiger partial charge in [0.2, 0.25) is 5.88 Å². The van der Waals surface area contributed by atoms with Crippen molar-refractivity contribution in [2.24, 2.45) is 0 Å². The lowest BCUT2D eigenvalue weighted by Gasteiger charge is -2.03. The molecule has 168 valence electrons. The van der Waals surface area contributed by atoms with Crippen molar-refractivity contribution in [2.75, 3.05) is 7.11 Å². The Morgan fingerprint density at radius 1 is 1.12 bits per heavy atom. The number of carbonyl (C=O) groups excluding carboxylic acids is 2. The van der Waals surface area contributed by atoms with E-state index < -0.39 is 34.7 Å². The summed E-state index contributed by atoms with van der Waals surface area (Å²) in [5.41, 5.74) is -0.337. The molecule has 8 nitrogen and oxygen atoms in total. The second-order valence-electron chi connectivity index (χ2n) is 6.65. The molecule has 33 heavy (non-hydrogen) atoms. The molecule has 0 atom stereocenters. The van der Waals surface area contributed by atoms with Crippen LogP contribution in [0.4, 0.5) is 13.2 Å². The number of amides is 1. The Morgan fingerprint density at radius 3 is 2.55 bits per heavy atom. The van der Waals surface area contributed by atoms with Gasteiger partial charge in [0, 0.05) is 41.7 Å². The van der Waals surface area contributed by atoms with Crippen molar-refractivity contribution in [1.29, 1.82) is 0 Å². The number of ketones is 1. The van der Waals surface area contributed by atoms with Gasteiger partial charge in [0.05, 0.1) is 19.2 Å². The number of H-pyrrole nitrogens is 1. The predicted molar refractivity (Wildman–Crippen MR) is 111 cm³/mol. The van der Waals surface area contributed by atoms with E-state index in [1.54, 1.807) is 18.3 Å². The van der Waals surface area contributed by atoms with E-state index in [0.717, 1.165) is 17.8 Å². The molecule has 0 fully saturated rings. The molecule has 0 spiro atoms. The molecule has 1 aromatic carbocycles. The van der Waals surface area contributed by atoms with Crippen molar-refractivity contribution in [2.45, 2.75) is 6.54 Å². The van der Waals surface area contributed by atoms with Gasteiger partial charge in [-0.15, -0.1) is 10.2 Å². The Balaban J connectivity index is 1.41. The fourth-order valence-corrected chi connectivity index (χ4v) is 3.65. The summed E-state index contributed by atoms with van der Waals surface area (Å²) in [6.45, 7) is 0.0591. The molecule has 4 rings (SSSR count). The molecule has 0 radical (unpaired) electrons. The van der Waals surface area contributed by atoms with Gasteiger partial charge in [-0.2, -0.15) is 0 Å². The molecule has 2 N–H and O–H groups in total. The number of carbonyl (C=O) groups is 2. The van der Waals surface area contributed by atoms with E-state index in [2.05, 4.69) is 25.5 Å². The van der Waals surface area contributed by atoms with Crippen LogP contribution >= 0.6 is 11.3 Å². The smallest absolute Gasteiger partial charge is 0.268 e. The molecule has 0 aliphatic carbocycles. The molecule has 0 unspecified atom stereocenters. The number of methoxy groups -OCH3 is 1. The van der Waals surface area contributed by atoms with Gasteiger partial charge in [-0.25, -0.2) is 18.2 Å². The molecular formula is C21H14F3N5O3S. The number of benzene rings is 1. The fourth-order valence-electron chi connectivity index (χ4n) is 2.88. The second-order valence-corrected chi connectivity index (χ2v) is 7.71. The lowest BCUT2D eigenvalue weighted by atomic mass is 10.0. The fraction of sp³-hybridized carbons (Fsp3) is 0.0952. The lowest BCUT2D eigenvalue weighted by molar-refractivity contribution is 0.0946. The second kappa shape index (κ2) is 9.20. The summed E-state index contributed by atoms with van der Waals surface area (Å²) in [5, 5.41) is 11.8. The van der Waals surface area contributed by atoms with E-state index in [1.807, 2.05) is 0 Å². The van der Waals surface area contributed by atoms with Crippen LogP contribution in [-0.4, -0.2) is 39.0 Å². The van der Waals surface area contributed by atoms with Crippen molar-refractivity contribution in [3.63, 3.8) is 0 Å². The third-order valence-corrected chi connectivity index (χ3v) is 5.46. The van der Waals surface area contributed by atoms with Crippen LogP contribution in [0.3, 0.4) is 0 Å². The molecule has 4 aromatic rings. The van der Waals surface area contributed by atoms with E-state index in [4.69, 9.17) is 4.74 Å². The minimum absolute atomic E-state index is 0.00892. The summed E-state index contributed by atoms with van der Waals surface area (Å²) in [7, 11) is 1.51. The Hall–Kier alpha value is -4.06. The maximum absolute atomic E-state index is 13.9. The predicted octanol–water partition coefficient (Wildman–Crippen LogP) is 3.52. The van der Waals surface area contributed by atoms with Gasteiger partial charge in [0.25, 0.3) is 5.91 Å². The number of nitrogens with one attached hydrogen (secondary N) is 2. The number of halogens is 3. The SMILES string of the molecule is COc1ccc(-c2nnc(CNC(=O)c3cc(C(=O)c4c(F)cc(F)cc4F)c[nH]3)s2)cn1. The normalized spacial score (nSPS) is 10.8. The zero-order valence-corrected chi connectivity index (χ0v) is 17.7. The minimum atomic E-state index is -1.33. The van der Waals surface area contributed by atoms with Gasteiger partial charge >= 0.3 is 0 Å². The number of rotatable bonds is 7. The lowest BCUT2D eigenvalue weighted by Crippen LogP contribution is -2.23. The van der Waals surface area contributed by atoms with Crippen LogP contribution in [0.5, 0.6) is 5.88 Å². The molecule has 0 saturated carbocycles. The first-order valence-electron chi connectivity index (χ1n) is 9.34. The topological polar surface area (TPSA) is 110 Å². The molecule has 0 aliphatic rings. The molecule has 12 heteroatoms. The Bertz CT molecular complexity index is 1310. The van der Waals surface area contributed by atoms with E-state index in [-0.39, 0.29) is 17.8 Å². The van der Waals surface area contributed by atoms with Gasteiger partial charge in [0.1, 0.15) is 33.2 Å². The highest BCUT2D eigenvalue weighted by atomic mass is 32.1. The van der Waals surface area contributed by atoms with E-state index in [0.29, 0.717) is 28.0 Å². The van der Waals surface area contributed by atoms with Crippen molar-refractivity contribution in [3.8, 4) is 16.5 Å². The Kier molecular flexibility index (Phi) is 6.18. The first kappa shape index (κ1) is 22.1. The van der Waals surface area contributed by atoms with Crippen molar-refractivity contribution < 1.29 is 27.5 Å². The number of hydrogen-bond donors (Lipinski definition) is 2. The summed E-state index contributed by atoms with van der Waals surface area (Å²) in [6.07, 6.45) is 2.73. The zero-order chi connectivity index (χ0) is 23.5.